The molecule has 2 rings (SSSR count). The van der Waals surface area contributed by atoms with Crippen LogP contribution in [0.15, 0.2) is 4.99 Å². The predicted octanol–water partition coefficient (Wildman–Crippen LogP) is 2.14. The largest absolute Gasteiger partial charge is 0.450 e. The van der Waals surface area contributed by atoms with Crippen molar-refractivity contribution in [1.29, 1.82) is 0 Å². The van der Waals surface area contributed by atoms with Crippen LogP contribution >= 0.6 is 0 Å². The fourth-order valence-electron chi connectivity index (χ4n) is 4.29. The van der Waals surface area contributed by atoms with Crippen LogP contribution in [0.2, 0.25) is 0 Å². The van der Waals surface area contributed by atoms with E-state index in [1.165, 1.54) is 19.5 Å². The summed E-state index contributed by atoms with van der Waals surface area (Å²) in [4.78, 5) is 20.5. The quantitative estimate of drug-likeness (QED) is 0.419. The molecule has 0 spiro atoms. The van der Waals surface area contributed by atoms with E-state index < -0.39 is 0 Å². The van der Waals surface area contributed by atoms with Gasteiger partial charge in [-0.25, -0.2) is 4.79 Å². The Morgan fingerprint density at radius 2 is 1.85 bits per heavy atom. The zero-order chi connectivity index (χ0) is 19.6. The molecule has 2 N–H and O–H groups in total. The molecule has 0 aliphatic carbocycles. The van der Waals surface area contributed by atoms with E-state index in [2.05, 4.69) is 34.4 Å². The number of rotatable bonds is 6. The number of hydrogen-bond donors (Lipinski definition) is 2. The Kier molecular flexibility index (Phi) is 9.18. The van der Waals surface area contributed by atoms with Crippen LogP contribution in [-0.2, 0) is 4.74 Å². The third-order valence-electron chi connectivity index (χ3n) is 5.47. The Balaban J connectivity index is 1.61. The minimum absolute atomic E-state index is 0.195. The highest BCUT2D eigenvalue weighted by Crippen LogP contribution is 2.20. The number of nitrogens with zero attached hydrogens (tertiary/aromatic N) is 3. The molecule has 2 fully saturated rings. The molecule has 0 aromatic rings. The number of aliphatic imine (C=N–C) groups is 1. The van der Waals surface area contributed by atoms with Gasteiger partial charge in [0.05, 0.1) is 6.61 Å². The van der Waals surface area contributed by atoms with Gasteiger partial charge in [-0.3, -0.25) is 4.99 Å². The molecule has 156 valence electrons. The first-order valence-electron chi connectivity index (χ1n) is 10.6. The van der Waals surface area contributed by atoms with Crippen LogP contribution in [0.25, 0.3) is 0 Å². The monoisotopic (exact) mass is 381 g/mol. The first kappa shape index (κ1) is 21.8. The van der Waals surface area contributed by atoms with E-state index in [-0.39, 0.29) is 6.09 Å². The van der Waals surface area contributed by atoms with Crippen molar-refractivity contribution in [2.45, 2.75) is 52.5 Å². The lowest BCUT2D eigenvalue weighted by Gasteiger charge is -2.35. The molecule has 1 amide bonds. The molecule has 2 unspecified atom stereocenters. The summed E-state index contributed by atoms with van der Waals surface area (Å²) in [6, 6.07) is 0.352. The normalized spacial score (nSPS) is 25.3. The highest BCUT2D eigenvalue weighted by Gasteiger charge is 2.24. The second-order valence-electron chi connectivity index (χ2n) is 8.16. The Morgan fingerprint density at radius 3 is 2.44 bits per heavy atom. The maximum absolute atomic E-state index is 11.8. The van der Waals surface area contributed by atoms with E-state index in [1.54, 1.807) is 4.90 Å². The lowest BCUT2D eigenvalue weighted by atomic mass is 9.92. The van der Waals surface area contributed by atoms with Gasteiger partial charge >= 0.3 is 6.09 Å². The molecule has 0 aromatic heterocycles. The molecular formula is C20H39N5O2. The van der Waals surface area contributed by atoms with Crippen LogP contribution in [0.3, 0.4) is 0 Å². The van der Waals surface area contributed by atoms with Crippen molar-refractivity contribution in [2.24, 2.45) is 16.8 Å². The van der Waals surface area contributed by atoms with E-state index in [0.717, 1.165) is 63.2 Å². The molecule has 0 radical (unpaired) electrons. The van der Waals surface area contributed by atoms with Crippen molar-refractivity contribution in [3.63, 3.8) is 0 Å². The van der Waals surface area contributed by atoms with E-state index in [0.29, 0.717) is 12.6 Å². The minimum Gasteiger partial charge on any atom is -0.450 e. The Bertz CT molecular complexity index is 467. The average Bonchev–Trinajstić information content (AvgIpc) is 2.64. The Labute approximate surface area is 164 Å². The molecular weight excluding hydrogens is 342 g/mol. The molecule has 0 bridgehead atoms. The molecule has 7 nitrogen and oxygen atoms in total. The highest BCUT2D eigenvalue weighted by molar-refractivity contribution is 5.80. The number of amides is 1. The predicted molar refractivity (Wildman–Crippen MR) is 110 cm³/mol. The van der Waals surface area contributed by atoms with Gasteiger partial charge in [-0.15, -0.1) is 0 Å². The summed E-state index contributed by atoms with van der Waals surface area (Å²) < 4.78 is 5.07. The molecule has 2 aliphatic heterocycles. The number of guanidine groups is 1. The SMILES string of the molecule is CCOC(=O)N1CCC(NC(=NC)NCCCN2CC(C)CC(C)C2)CC1. The highest BCUT2D eigenvalue weighted by atomic mass is 16.6. The molecule has 27 heavy (non-hydrogen) atoms. The summed E-state index contributed by atoms with van der Waals surface area (Å²) in [6.45, 7) is 13.0. The molecule has 2 aliphatic rings. The van der Waals surface area contributed by atoms with Crippen molar-refractivity contribution in [1.82, 2.24) is 20.4 Å². The van der Waals surface area contributed by atoms with E-state index in [9.17, 15) is 4.79 Å². The number of ether oxygens (including phenoxy) is 1. The first-order chi connectivity index (χ1) is 13.0. The van der Waals surface area contributed by atoms with E-state index >= 15 is 0 Å². The number of nitrogens with one attached hydrogen (secondary N) is 2. The zero-order valence-corrected chi connectivity index (χ0v) is 17.7. The first-order valence-corrected chi connectivity index (χ1v) is 10.6. The maximum Gasteiger partial charge on any atom is 0.409 e. The molecule has 2 atom stereocenters. The second kappa shape index (κ2) is 11.4. The third kappa shape index (κ3) is 7.56. The second-order valence-corrected chi connectivity index (χ2v) is 8.16. The van der Waals surface area contributed by atoms with Gasteiger partial charge in [0.15, 0.2) is 5.96 Å². The van der Waals surface area contributed by atoms with Gasteiger partial charge in [0.1, 0.15) is 0 Å². The van der Waals surface area contributed by atoms with Crippen LogP contribution in [-0.4, -0.2) is 80.8 Å². The standard InChI is InChI=1S/C20H39N5O2/c1-5-27-20(26)25-11-7-18(8-12-25)23-19(21-4)22-9-6-10-24-14-16(2)13-17(3)15-24/h16-18H,5-15H2,1-4H3,(H2,21,22,23). The lowest BCUT2D eigenvalue weighted by Crippen LogP contribution is -2.50. The molecule has 2 heterocycles. The summed E-state index contributed by atoms with van der Waals surface area (Å²) in [7, 11) is 1.82. The molecule has 0 saturated carbocycles. The summed E-state index contributed by atoms with van der Waals surface area (Å²) in [6.07, 6.45) is 4.13. The van der Waals surface area contributed by atoms with Gasteiger partial charge in [0.25, 0.3) is 0 Å². The van der Waals surface area contributed by atoms with Crippen molar-refractivity contribution in [2.75, 3.05) is 52.9 Å². The number of likely N-dealkylation sites (tertiary alicyclic amines) is 2. The fourth-order valence-corrected chi connectivity index (χ4v) is 4.29. The topological polar surface area (TPSA) is 69.2 Å². The van der Waals surface area contributed by atoms with Gasteiger partial charge in [0.2, 0.25) is 0 Å². The van der Waals surface area contributed by atoms with Gasteiger partial charge in [-0.05, 0) is 51.0 Å². The maximum atomic E-state index is 11.8. The number of carbonyl (C=O) groups is 1. The van der Waals surface area contributed by atoms with Gasteiger partial charge in [-0.1, -0.05) is 13.8 Å². The fraction of sp³-hybridized carbons (Fsp3) is 0.900. The lowest BCUT2D eigenvalue weighted by molar-refractivity contribution is 0.0963. The smallest absolute Gasteiger partial charge is 0.409 e. The Morgan fingerprint density at radius 1 is 1.19 bits per heavy atom. The van der Waals surface area contributed by atoms with Crippen LogP contribution in [0.5, 0.6) is 0 Å². The molecule has 7 heteroatoms. The summed E-state index contributed by atoms with van der Waals surface area (Å²) in [5.41, 5.74) is 0. The van der Waals surface area contributed by atoms with Crippen LogP contribution < -0.4 is 10.6 Å². The van der Waals surface area contributed by atoms with Crippen LogP contribution in [0, 0.1) is 11.8 Å². The van der Waals surface area contributed by atoms with Crippen molar-refractivity contribution >= 4 is 12.1 Å². The van der Waals surface area contributed by atoms with Crippen LogP contribution in [0.4, 0.5) is 4.79 Å². The molecule has 0 aromatic carbocycles. The van der Waals surface area contributed by atoms with Crippen LogP contribution in [0.1, 0.15) is 46.5 Å². The third-order valence-corrected chi connectivity index (χ3v) is 5.47. The van der Waals surface area contributed by atoms with E-state index in [1.807, 2.05) is 14.0 Å². The zero-order valence-electron chi connectivity index (χ0n) is 17.7. The number of carbonyl (C=O) groups excluding carboxylic acids is 1. The summed E-state index contributed by atoms with van der Waals surface area (Å²) in [5, 5.41) is 6.94. The van der Waals surface area contributed by atoms with Gasteiger partial charge in [-0.2, -0.15) is 0 Å². The van der Waals surface area contributed by atoms with Crippen molar-refractivity contribution < 1.29 is 9.53 Å². The van der Waals surface area contributed by atoms with Crippen molar-refractivity contribution in [3.8, 4) is 0 Å². The van der Waals surface area contributed by atoms with Gasteiger partial charge < -0.3 is 25.2 Å². The molecule has 2 saturated heterocycles. The number of hydrogen-bond acceptors (Lipinski definition) is 4. The average molecular weight is 382 g/mol. The summed E-state index contributed by atoms with van der Waals surface area (Å²) >= 11 is 0. The van der Waals surface area contributed by atoms with Gasteiger partial charge in [0, 0.05) is 45.8 Å². The number of piperidine rings is 2. The van der Waals surface area contributed by atoms with E-state index in [4.69, 9.17) is 4.74 Å². The Hall–Kier alpha value is -1.50. The minimum atomic E-state index is -0.195. The summed E-state index contributed by atoms with van der Waals surface area (Å²) in [5.74, 6) is 2.50. The van der Waals surface area contributed by atoms with Crippen molar-refractivity contribution in [3.05, 3.63) is 0 Å².